The predicted octanol–water partition coefficient (Wildman–Crippen LogP) is 0.862. The van der Waals surface area contributed by atoms with Gasteiger partial charge in [0.1, 0.15) is 5.54 Å². The third kappa shape index (κ3) is 3.09. The Hall–Kier alpha value is -2.12. The van der Waals surface area contributed by atoms with Crippen LogP contribution in [-0.4, -0.2) is 41.0 Å². The second kappa shape index (κ2) is 6.41. The van der Waals surface area contributed by atoms with Crippen LogP contribution in [0.1, 0.15) is 51.9 Å². The van der Waals surface area contributed by atoms with Crippen molar-refractivity contribution >= 4 is 23.8 Å². The van der Waals surface area contributed by atoms with E-state index in [0.29, 0.717) is 18.8 Å². The molecular formula is C16H23N3O5. The molecule has 0 radical (unpaired) electrons. The molecule has 0 atom stereocenters. The van der Waals surface area contributed by atoms with Gasteiger partial charge in [-0.05, 0) is 44.4 Å². The van der Waals surface area contributed by atoms with Crippen LogP contribution >= 0.6 is 0 Å². The summed E-state index contributed by atoms with van der Waals surface area (Å²) in [5.41, 5.74) is 1.34. The number of imide groups is 1. The first kappa shape index (κ1) is 16.7. The first-order valence-corrected chi connectivity index (χ1v) is 8.54. The van der Waals surface area contributed by atoms with Crippen LogP contribution in [0.25, 0.3) is 0 Å². The molecule has 8 heteroatoms. The van der Waals surface area contributed by atoms with Gasteiger partial charge < -0.3 is 10.1 Å². The molecule has 0 aromatic rings. The molecule has 0 aromatic carbocycles. The average Bonchev–Trinajstić information content (AvgIpc) is 2.71. The summed E-state index contributed by atoms with van der Waals surface area (Å²) in [7, 11) is 0. The monoisotopic (exact) mass is 337 g/mol. The molecule has 24 heavy (non-hydrogen) atoms. The zero-order valence-corrected chi connectivity index (χ0v) is 13.8. The number of hydrogen-bond acceptors (Lipinski definition) is 5. The topological polar surface area (TPSA) is 105 Å². The van der Waals surface area contributed by atoms with Gasteiger partial charge in [-0.3, -0.25) is 19.8 Å². The summed E-state index contributed by atoms with van der Waals surface area (Å²) >= 11 is 0. The van der Waals surface area contributed by atoms with Crippen molar-refractivity contribution in [3.05, 3.63) is 0 Å². The fraction of sp³-hybridized carbons (Fsp3) is 0.750. The Morgan fingerprint density at radius 2 is 1.92 bits per heavy atom. The van der Waals surface area contributed by atoms with Crippen molar-refractivity contribution in [1.29, 1.82) is 0 Å². The zero-order chi connectivity index (χ0) is 17.3. The Morgan fingerprint density at radius 1 is 1.25 bits per heavy atom. The van der Waals surface area contributed by atoms with Crippen LogP contribution in [0.4, 0.5) is 4.79 Å². The molecule has 1 spiro atoms. The number of carbonyl (C=O) groups is 4. The van der Waals surface area contributed by atoms with E-state index in [1.807, 2.05) is 0 Å². The van der Waals surface area contributed by atoms with E-state index in [9.17, 15) is 19.2 Å². The van der Waals surface area contributed by atoms with Crippen molar-refractivity contribution in [2.45, 2.75) is 57.4 Å². The van der Waals surface area contributed by atoms with Crippen LogP contribution < -0.4 is 10.7 Å². The summed E-state index contributed by atoms with van der Waals surface area (Å²) in [6.45, 7) is 1.63. The number of carbonyl (C=O) groups excluding carboxylic acids is 4. The van der Waals surface area contributed by atoms with Crippen molar-refractivity contribution in [1.82, 2.24) is 15.8 Å². The van der Waals surface area contributed by atoms with E-state index in [1.165, 1.54) is 0 Å². The number of esters is 1. The van der Waals surface area contributed by atoms with Crippen molar-refractivity contribution in [3.63, 3.8) is 0 Å². The Labute approximate surface area is 140 Å². The number of urea groups is 1. The van der Waals surface area contributed by atoms with Crippen molar-refractivity contribution in [3.8, 4) is 0 Å². The molecule has 3 aliphatic rings. The number of amides is 4. The molecule has 3 fully saturated rings. The van der Waals surface area contributed by atoms with Gasteiger partial charge in [0.2, 0.25) is 0 Å². The van der Waals surface area contributed by atoms with Crippen molar-refractivity contribution < 1.29 is 23.9 Å². The molecule has 0 unspecified atom stereocenters. The Balaban J connectivity index is 1.52. The van der Waals surface area contributed by atoms with Gasteiger partial charge in [-0.1, -0.05) is 13.3 Å². The first-order chi connectivity index (χ1) is 11.4. The Kier molecular flexibility index (Phi) is 4.47. The SMILES string of the molecule is CC1CCC2(CC1)NC(=O)N(NC(=O)COC(=O)C1CCC1)C2=O. The van der Waals surface area contributed by atoms with Gasteiger partial charge in [0, 0.05) is 0 Å². The second-order valence-corrected chi connectivity index (χ2v) is 7.11. The van der Waals surface area contributed by atoms with Crippen molar-refractivity contribution in [2.75, 3.05) is 6.61 Å². The highest BCUT2D eigenvalue weighted by molar-refractivity contribution is 6.08. The summed E-state index contributed by atoms with van der Waals surface area (Å²) in [6.07, 6.45) is 5.42. The van der Waals surface area contributed by atoms with Gasteiger partial charge in [-0.2, -0.15) is 5.01 Å². The van der Waals surface area contributed by atoms with Crippen LogP contribution in [0.3, 0.4) is 0 Å². The summed E-state index contributed by atoms with van der Waals surface area (Å²) in [5, 5.41) is 3.43. The van der Waals surface area contributed by atoms with Gasteiger partial charge in [0.25, 0.3) is 11.8 Å². The minimum absolute atomic E-state index is 0.123. The highest BCUT2D eigenvalue weighted by Gasteiger charge is 2.52. The lowest BCUT2D eigenvalue weighted by atomic mass is 9.77. The maximum absolute atomic E-state index is 12.6. The number of ether oxygens (including phenoxy) is 1. The van der Waals surface area contributed by atoms with Crippen molar-refractivity contribution in [2.24, 2.45) is 11.8 Å². The molecule has 132 valence electrons. The average molecular weight is 337 g/mol. The lowest BCUT2D eigenvalue weighted by Gasteiger charge is -2.33. The molecule has 0 bridgehead atoms. The van der Waals surface area contributed by atoms with E-state index in [2.05, 4.69) is 17.7 Å². The van der Waals surface area contributed by atoms with Gasteiger partial charge in [0.05, 0.1) is 5.92 Å². The van der Waals surface area contributed by atoms with E-state index >= 15 is 0 Å². The van der Waals surface area contributed by atoms with Gasteiger partial charge in [-0.25, -0.2) is 4.79 Å². The number of nitrogens with one attached hydrogen (secondary N) is 2. The normalized spacial score (nSPS) is 30.0. The van der Waals surface area contributed by atoms with E-state index in [-0.39, 0.29) is 5.92 Å². The summed E-state index contributed by atoms with van der Waals surface area (Å²) in [6, 6.07) is -0.631. The first-order valence-electron chi connectivity index (χ1n) is 8.54. The summed E-state index contributed by atoms with van der Waals surface area (Å²) in [5.74, 6) is -1.12. The maximum Gasteiger partial charge on any atom is 0.344 e. The second-order valence-electron chi connectivity index (χ2n) is 7.11. The molecule has 3 rings (SSSR count). The maximum atomic E-state index is 12.6. The molecule has 2 saturated carbocycles. The predicted molar refractivity (Wildman–Crippen MR) is 82.2 cm³/mol. The van der Waals surface area contributed by atoms with E-state index in [1.54, 1.807) is 0 Å². The fourth-order valence-electron chi connectivity index (χ4n) is 3.37. The molecule has 8 nitrogen and oxygen atoms in total. The summed E-state index contributed by atoms with van der Waals surface area (Å²) < 4.78 is 4.92. The van der Waals surface area contributed by atoms with Gasteiger partial charge in [0.15, 0.2) is 6.61 Å². The third-order valence-corrected chi connectivity index (χ3v) is 5.31. The standard InChI is InChI=1S/C16H23N3O5/c1-10-5-7-16(8-6-10)14(22)19(15(23)17-16)18-12(20)9-24-13(21)11-3-2-4-11/h10-11H,2-9H2,1H3,(H,17,23)(H,18,20). The molecule has 1 aliphatic heterocycles. The van der Waals surface area contributed by atoms with E-state index in [4.69, 9.17) is 4.74 Å². The largest absolute Gasteiger partial charge is 0.455 e. The van der Waals surface area contributed by atoms with Crippen LogP contribution in [0.15, 0.2) is 0 Å². The lowest BCUT2D eigenvalue weighted by molar-refractivity contribution is -0.156. The van der Waals surface area contributed by atoms with Crippen LogP contribution in [-0.2, 0) is 19.1 Å². The molecular weight excluding hydrogens is 314 g/mol. The number of hydrogen-bond donors (Lipinski definition) is 2. The highest BCUT2D eigenvalue weighted by Crippen LogP contribution is 2.35. The lowest BCUT2D eigenvalue weighted by Crippen LogP contribution is -2.52. The minimum atomic E-state index is -0.903. The Bertz CT molecular complexity index is 564. The number of nitrogens with zero attached hydrogens (tertiary/aromatic N) is 1. The highest BCUT2D eigenvalue weighted by atomic mass is 16.5. The van der Waals surface area contributed by atoms with E-state index < -0.39 is 36.0 Å². The molecule has 1 heterocycles. The summed E-state index contributed by atoms with van der Waals surface area (Å²) in [4.78, 5) is 48.1. The van der Waals surface area contributed by atoms with Crippen LogP contribution in [0, 0.1) is 11.8 Å². The van der Waals surface area contributed by atoms with Crippen LogP contribution in [0.5, 0.6) is 0 Å². The smallest absolute Gasteiger partial charge is 0.344 e. The molecule has 2 N–H and O–H groups in total. The molecule has 1 saturated heterocycles. The van der Waals surface area contributed by atoms with Crippen LogP contribution in [0.2, 0.25) is 0 Å². The van der Waals surface area contributed by atoms with Gasteiger partial charge >= 0.3 is 12.0 Å². The third-order valence-electron chi connectivity index (χ3n) is 5.31. The number of hydrazine groups is 1. The zero-order valence-electron chi connectivity index (χ0n) is 13.8. The quantitative estimate of drug-likeness (QED) is 0.585. The molecule has 2 aliphatic carbocycles. The fourth-order valence-corrected chi connectivity index (χ4v) is 3.37. The minimum Gasteiger partial charge on any atom is -0.455 e. The molecule has 4 amide bonds. The number of rotatable bonds is 4. The molecule has 0 aromatic heterocycles. The van der Waals surface area contributed by atoms with E-state index in [0.717, 1.165) is 37.1 Å². The Morgan fingerprint density at radius 3 is 2.50 bits per heavy atom. The van der Waals surface area contributed by atoms with Gasteiger partial charge in [-0.15, -0.1) is 0 Å².